The number of rotatable bonds is 2. The van der Waals surface area contributed by atoms with E-state index >= 15 is 0 Å². The molecule has 0 saturated carbocycles. The molecule has 1 saturated heterocycles. The Labute approximate surface area is 149 Å². The molecule has 0 aliphatic carbocycles. The van der Waals surface area contributed by atoms with E-state index in [2.05, 4.69) is 60.5 Å². The Hall–Kier alpha value is -1.29. The van der Waals surface area contributed by atoms with Gasteiger partial charge in [0.15, 0.2) is 0 Å². The van der Waals surface area contributed by atoms with Crippen molar-refractivity contribution in [2.75, 3.05) is 20.1 Å². The van der Waals surface area contributed by atoms with E-state index in [0.717, 1.165) is 25.1 Å². The zero-order valence-corrected chi connectivity index (χ0v) is 15.1. The molecule has 2 aromatic carbocycles. The zero-order valence-electron chi connectivity index (χ0n) is 14.3. The van der Waals surface area contributed by atoms with Crippen LogP contribution >= 0.6 is 11.8 Å². The number of thioether (sulfide) groups is 1. The predicted molar refractivity (Wildman–Crippen MR) is 101 cm³/mol. The maximum atomic E-state index is 6.75. The third-order valence-electron chi connectivity index (χ3n) is 5.15. The summed E-state index contributed by atoms with van der Waals surface area (Å²) in [7, 11) is 2.22. The van der Waals surface area contributed by atoms with Gasteiger partial charge in [-0.25, -0.2) is 0 Å². The Morgan fingerprint density at radius 2 is 1.75 bits per heavy atom. The van der Waals surface area contributed by atoms with Crippen molar-refractivity contribution in [3.05, 3.63) is 65.2 Å². The van der Waals surface area contributed by atoms with E-state index in [0.29, 0.717) is 6.10 Å². The van der Waals surface area contributed by atoms with E-state index in [-0.39, 0.29) is 6.10 Å². The Morgan fingerprint density at radius 3 is 2.67 bits per heavy atom. The van der Waals surface area contributed by atoms with Crippen LogP contribution in [0.15, 0.2) is 53.4 Å². The predicted octanol–water partition coefficient (Wildman–Crippen LogP) is 4.88. The highest BCUT2D eigenvalue weighted by atomic mass is 32.2. The standard InChI is InChI=1S/C21H25NOS/c1-22-13-6-8-17(12-14-22)23-21-18-9-3-2-7-16(18)15-24-20-11-5-4-10-19(20)21/h2-5,7,9-11,17,21H,6,8,12-15H2,1H3/t17-,21+/m0/s1. The molecule has 0 bridgehead atoms. The molecule has 3 heteroatoms. The number of nitrogens with zero attached hydrogens (tertiary/aromatic N) is 1. The molecule has 2 aromatic rings. The summed E-state index contributed by atoms with van der Waals surface area (Å²) in [5.74, 6) is 1.03. The first-order chi connectivity index (χ1) is 11.8. The normalized spacial score (nSPS) is 24.5. The summed E-state index contributed by atoms with van der Waals surface area (Å²) >= 11 is 1.93. The number of hydrogen-bond acceptors (Lipinski definition) is 3. The zero-order chi connectivity index (χ0) is 16.4. The lowest BCUT2D eigenvalue weighted by atomic mass is 9.97. The van der Waals surface area contributed by atoms with Gasteiger partial charge in [-0.15, -0.1) is 11.8 Å². The first-order valence-corrected chi connectivity index (χ1v) is 9.93. The van der Waals surface area contributed by atoms with E-state index in [4.69, 9.17) is 4.74 Å². The van der Waals surface area contributed by atoms with Gasteiger partial charge in [-0.1, -0.05) is 42.5 Å². The first kappa shape index (κ1) is 16.2. The number of fused-ring (bicyclic) bond motifs is 2. The number of benzene rings is 2. The van der Waals surface area contributed by atoms with Crippen molar-refractivity contribution in [3.63, 3.8) is 0 Å². The van der Waals surface area contributed by atoms with Crippen molar-refractivity contribution in [2.45, 2.75) is 42.1 Å². The second-order valence-electron chi connectivity index (χ2n) is 6.90. The number of likely N-dealkylation sites (tertiary alicyclic amines) is 1. The molecule has 0 spiro atoms. The van der Waals surface area contributed by atoms with Gasteiger partial charge in [0.1, 0.15) is 6.10 Å². The van der Waals surface area contributed by atoms with Crippen molar-refractivity contribution in [2.24, 2.45) is 0 Å². The van der Waals surface area contributed by atoms with Crippen LogP contribution < -0.4 is 0 Å². The first-order valence-electron chi connectivity index (χ1n) is 8.95. The third kappa shape index (κ3) is 3.39. The number of hydrogen-bond donors (Lipinski definition) is 0. The largest absolute Gasteiger partial charge is 0.365 e. The molecule has 2 aliphatic heterocycles. The summed E-state index contributed by atoms with van der Waals surface area (Å²) in [4.78, 5) is 3.79. The quantitative estimate of drug-likeness (QED) is 0.773. The molecular weight excluding hydrogens is 314 g/mol. The molecule has 0 aromatic heterocycles. The minimum absolute atomic E-state index is 0.0702. The molecule has 2 aliphatic rings. The van der Waals surface area contributed by atoms with E-state index in [1.54, 1.807) is 0 Å². The van der Waals surface area contributed by atoms with Gasteiger partial charge in [0.2, 0.25) is 0 Å². The Kier molecular flexibility index (Phi) is 4.93. The van der Waals surface area contributed by atoms with Crippen LogP contribution in [-0.4, -0.2) is 31.1 Å². The van der Waals surface area contributed by atoms with Crippen molar-refractivity contribution in [3.8, 4) is 0 Å². The van der Waals surface area contributed by atoms with Gasteiger partial charge in [-0.05, 0) is 55.6 Å². The molecule has 24 heavy (non-hydrogen) atoms. The van der Waals surface area contributed by atoms with Crippen molar-refractivity contribution >= 4 is 11.8 Å². The van der Waals surface area contributed by atoms with Gasteiger partial charge < -0.3 is 9.64 Å². The summed E-state index contributed by atoms with van der Waals surface area (Å²) in [6.45, 7) is 2.32. The van der Waals surface area contributed by atoms with Gasteiger partial charge in [0, 0.05) is 17.2 Å². The molecule has 0 N–H and O–H groups in total. The second kappa shape index (κ2) is 7.30. The smallest absolute Gasteiger partial charge is 0.109 e. The van der Waals surface area contributed by atoms with Gasteiger partial charge in [-0.2, -0.15) is 0 Å². The van der Waals surface area contributed by atoms with Crippen LogP contribution in [-0.2, 0) is 10.5 Å². The van der Waals surface area contributed by atoms with Crippen LogP contribution in [0.3, 0.4) is 0 Å². The average molecular weight is 340 g/mol. The van der Waals surface area contributed by atoms with E-state index < -0.39 is 0 Å². The second-order valence-corrected chi connectivity index (χ2v) is 7.91. The molecule has 0 amide bonds. The van der Waals surface area contributed by atoms with Gasteiger partial charge in [0.05, 0.1) is 6.10 Å². The Morgan fingerprint density at radius 1 is 0.958 bits per heavy atom. The van der Waals surface area contributed by atoms with Gasteiger partial charge >= 0.3 is 0 Å². The van der Waals surface area contributed by atoms with E-state index in [9.17, 15) is 0 Å². The fourth-order valence-electron chi connectivity index (χ4n) is 3.76. The molecule has 126 valence electrons. The maximum Gasteiger partial charge on any atom is 0.109 e. The minimum Gasteiger partial charge on any atom is -0.365 e. The lowest BCUT2D eigenvalue weighted by Crippen LogP contribution is -2.22. The summed E-state index contributed by atoms with van der Waals surface area (Å²) in [6.07, 6.45) is 3.94. The molecule has 4 rings (SSSR count). The summed E-state index contributed by atoms with van der Waals surface area (Å²) in [6, 6.07) is 17.6. The van der Waals surface area contributed by atoms with Crippen LogP contribution in [0.4, 0.5) is 0 Å². The van der Waals surface area contributed by atoms with Crippen molar-refractivity contribution < 1.29 is 4.74 Å². The van der Waals surface area contributed by atoms with Crippen LogP contribution in [0.5, 0.6) is 0 Å². The lowest BCUT2D eigenvalue weighted by molar-refractivity contribution is -0.000571. The van der Waals surface area contributed by atoms with Crippen molar-refractivity contribution in [1.29, 1.82) is 0 Å². The van der Waals surface area contributed by atoms with Crippen LogP contribution in [0.2, 0.25) is 0 Å². The summed E-state index contributed by atoms with van der Waals surface area (Å²) in [5.41, 5.74) is 4.10. The fraction of sp³-hybridized carbons (Fsp3) is 0.429. The van der Waals surface area contributed by atoms with Crippen LogP contribution in [0.25, 0.3) is 0 Å². The minimum atomic E-state index is 0.0702. The van der Waals surface area contributed by atoms with Crippen LogP contribution in [0.1, 0.15) is 42.1 Å². The number of ether oxygens (including phenoxy) is 1. The SMILES string of the molecule is CN1CCC[C@H](O[C@@H]2c3ccccc3CSc3ccccc32)CC1. The molecule has 2 nitrogen and oxygen atoms in total. The molecule has 0 unspecified atom stereocenters. The molecule has 2 atom stereocenters. The summed E-state index contributed by atoms with van der Waals surface area (Å²) in [5, 5.41) is 0. The fourth-order valence-corrected chi connectivity index (χ4v) is 4.85. The lowest BCUT2D eigenvalue weighted by Gasteiger charge is -2.26. The van der Waals surface area contributed by atoms with E-state index in [1.165, 1.54) is 34.6 Å². The molecule has 1 fully saturated rings. The van der Waals surface area contributed by atoms with Gasteiger partial charge in [0.25, 0.3) is 0 Å². The highest BCUT2D eigenvalue weighted by Gasteiger charge is 2.27. The Bertz CT molecular complexity index is 654. The summed E-state index contributed by atoms with van der Waals surface area (Å²) < 4.78 is 6.75. The maximum absolute atomic E-state index is 6.75. The molecule has 2 heterocycles. The van der Waals surface area contributed by atoms with E-state index in [1.807, 2.05) is 11.8 Å². The van der Waals surface area contributed by atoms with Crippen LogP contribution in [0, 0.1) is 0 Å². The molecular formula is C21H25NOS. The van der Waals surface area contributed by atoms with Crippen molar-refractivity contribution in [1.82, 2.24) is 4.90 Å². The molecule has 0 radical (unpaired) electrons. The Balaban J connectivity index is 1.67. The topological polar surface area (TPSA) is 12.5 Å². The highest BCUT2D eigenvalue weighted by molar-refractivity contribution is 7.98. The third-order valence-corrected chi connectivity index (χ3v) is 6.29. The monoisotopic (exact) mass is 339 g/mol. The average Bonchev–Trinajstić information content (AvgIpc) is 2.91. The highest BCUT2D eigenvalue weighted by Crippen LogP contribution is 2.42. The van der Waals surface area contributed by atoms with Gasteiger partial charge in [-0.3, -0.25) is 0 Å².